The summed E-state index contributed by atoms with van der Waals surface area (Å²) in [4.78, 5) is 2.54. The second-order valence-corrected chi connectivity index (χ2v) is 8.40. The summed E-state index contributed by atoms with van der Waals surface area (Å²) in [6.07, 6.45) is 2.75. The van der Waals surface area contributed by atoms with E-state index in [1.165, 1.54) is 11.3 Å². The van der Waals surface area contributed by atoms with Crippen molar-refractivity contribution in [3.8, 4) is 0 Å². The molecular weight excluding hydrogens is 388 g/mol. The maximum atomic E-state index is 5.60. The van der Waals surface area contributed by atoms with Crippen LogP contribution in [0.2, 0.25) is 0 Å². The lowest BCUT2D eigenvalue weighted by Gasteiger charge is -2.38. The van der Waals surface area contributed by atoms with E-state index in [9.17, 15) is 0 Å². The van der Waals surface area contributed by atoms with Crippen LogP contribution in [0.1, 0.15) is 72.3 Å². The Morgan fingerprint density at radius 1 is 1.26 bits per heavy atom. The number of amidine groups is 1. The van der Waals surface area contributed by atoms with E-state index in [2.05, 4.69) is 66.3 Å². The molecule has 1 fully saturated rings. The Morgan fingerprint density at radius 3 is 2.42 bits per heavy atom. The van der Waals surface area contributed by atoms with Crippen molar-refractivity contribution in [2.75, 3.05) is 30.0 Å². The van der Waals surface area contributed by atoms with Gasteiger partial charge in [-0.15, -0.1) is 0 Å². The molecule has 1 saturated heterocycles. The first-order valence-electron chi connectivity index (χ1n) is 11.5. The topological polar surface area (TPSA) is 101 Å². The minimum atomic E-state index is 0.217. The SMILES string of the molecule is C=C(C)Nc1cc(C(C)C/C(=N/N)NN)ccc1N(CC(C)C)C1CCOCC1.CC. The van der Waals surface area contributed by atoms with Crippen LogP contribution in [-0.4, -0.2) is 31.6 Å². The number of nitrogens with zero attached hydrogens (tertiary/aromatic N) is 2. The average Bonchev–Trinajstić information content (AvgIpc) is 2.77. The van der Waals surface area contributed by atoms with Gasteiger partial charge in [-0.05, 0) is 49.3 Å². The molecule has 1 aliphatic rings. The van der Waals surface area contributed by atoms with E-state index >= 15 is 0 Å². The molecule has 1 atom stereocenters. The van der Waals surface area contributed by atoms with Gasteiger partial charge in [0.2, 0.25) is 0 Å². The number of rotatable bonds is 9. The Kier molecular flexibility index (Phi) is 12.0. The number of benzene rings is 1. The standard InChI is InChI=1S/C22H38N6O.C2H6/c1-15(2)14-28(19-8-10-29-11-9-19)21-7-6-18(13-20(21)25-16(3)4)17(5)12-22(26-23)27-24;1-2/h6-7,13,15,17,19,25H,3,8-12,14,23-24H2,1-2,4-5H3,(H,26,27);1-2H3. The van der Waals surface area contributed by atoms with Gasteiger partial charge < -0.3 is 26.2 Å². The molecule has 0 saturated carbocycles. The van der Waals surface area contributed by atoms with Crippen molar-refractivity contribution in [3.05, 3.63) is 36.0 Å². The molecule has 6 N–H and O–H groups in total. The van der Waals surface area contributed by atoms with Gasteiger partial charge in [0.05, 0.1) is 11.4 Å². The predicted molar refractivity (Wildman–Crippen MR) is 134 cm³/mol. The fraction of sp³-hybridized carbons (Fsp3) is 0.625. The molecule has 0 radical (unpaired) electrons. The highest BCUT2D eigenvalue weighted by molar-refractivity contribution is 5.82. The van der Waals surface area contributed by atoms with E-state index in [1.807, 2.05) is 20.8 Å². The molecule has 0 amide bonds. The smallest absolute Gasteiger partial charge is 0.136 e. The molecule has 176 valence electrons. The molecular formula is C24H44N6O. The first-order valence-corrected chi connectivity index (χ1v) is 11.5. The van der Waals surface area contributed by atoms with Gasteiger partial charge in [-0.2, -0.15) is 5.10 Å². The van der Waals surface area contributed by atoms with Crippen molar-refractivity contribution < 1.29 is 4.74 Å². The van der Waals surface area contributed by atoms with Crippen molar-refractivity contribution in [1.29, 1.82) is 0 Å². The molecule has 7 heteroatoms. The highest BCUT2D eigenvalue weighted by atomic mass is 16.5. The number of ether oxygens (including phenoxy) is 1. The van der Waals surface area contributed by atoms with Crippen molar-refractivity contribution in [1.82, 2.24) is 5.43 Å². The third-order valence-electron chi connectivity index (χ3n) is 5.26. The number of anilines is 2. The molecule has 1 unspecified atom stereocenters. The van der Waals surface area contributed by atoms with Gasteiger partial charge in [0.1, 0.15) is 5.84 Å². The number of allylic oxidation sites excluding steroid dienone is 1. The lowest BCUT2D eigenvalue weighted by atomic mass is 9.95. The Morgan fingerprint density at radius 2 is 1.90 bits per heavy atom. The number of hydrazine groups is 1. The fourth-order valence-corrected chi connectivity index (χ4v) is 3.83. The lowest BCUT2D eigenvalue weighted by molar-refractivity contribution is 0.0839. The minimum Gasteiger partial charge on any atom is -0.381 e. The first-order chi connectivity index (χ1) is 14.8. The molecule has 0 aliphatic carbocycles. The average molecular weight is 433 g/mol. The molecule has 1 heterocycles. The summed E-state index contributed by atoms with van der Waals surface area (Å²) >= 11 is 0. The molecule has 0 aromatic heterocycles. The largest absolute Gasteiger partial charge is 0.381 e. The number of nitrogens with two attached hydrogens (primary N) is 2. The van der Waals surface area contributed by atoms with Crippen molar-refractivity contribution in [2.24, 2.45) is 22.7 Å². The number of hydrogen-bond donors (Lipinski definition) is 4. The number of nitrogens with one attached hydrogen (secondary N) is 2. The monoisotopic (exact) mass is 432 g/mol. The van der Waals surface area contributed by atoms with Crippen molar-refractivity contribution in [2.45, 2.75) is 72.8 Å². The van der Waals surface area contributed by atoms with Gasteiger partial charge >= 0.3 is 0 Å². The van der Waals surface area contributed by atoms with Gasteiger partial charge in [-0.25, -0.2) is 5.84 Å². The van der Waals surface area contributed by atoms with Crippen LogP contribution in [0.5, 0.6) is 0 Å². The van der Waals surface area contributed by atoms with Crippen LogP contribution >= 0.6 is 0 Å². The third-order valence-corrected chi connectivity index (χ3v) is 5.26. The van der Waals surface area contributed by atoms with Crippen LogP contribution in [-0.2, 0) is 4.74 Å². The maximum Gasteiger partial charge on any atom is 0.136 e. The van der Waals surface area contributed by atoms with Crippen LogP contribution in [0.4, 0.5) is 11.4 Å². The van der Waals surface area contributed by atoms with E-state index < -0.39 is 0 Å². The molecule has 1 aromatic rings. The summed E-state index contributed by atoms with van der Waals surface area (Å²) in [6, 6.07) is 7.12. The predicted octanol–water partition coefficient (Wildman–Crippen LogP) is 4.53. The van der Waals surface area contributed by atoms with Gasteiger partial charge in [0, 0.05) is 37.9 Å². The van der Waals surface area contributed by atoms with Crippen LogP contribution < -0.4 is 27.3 Å². The fourth-order valence-electron chi connectivity index (χ4n) is 3.83. The van der Waals surface area contributed by atoms with Crippen molar-refractivity contribution in [3.63, 3.8) is 0 Å². The minimum absolute atomic E-state index is 0.217. The molecule has 31 heavy (non-hydrogen) atoms. The lowest BCUT2D eigenvalue weighted by Crippen LogP contribution is -2.42. The quantitative estimate of drug-likeness (QED) is 0.198. The Labute approximate surface area is 189 Å². The summed E-state index contributed by atoms with van der Waals surface area (Å²) in [6.45, 7) is 19.4. The van der Waals surface area contributed by atoms with Crippen LogP contribution in [0.25, 0.3) is 0 Å². The molecule has 1 aliphatic heterocycles. The van der Waals surface area contributed by atoms with Gasteiger partial charge in [0.25, 0.3) is 0 Å². The normalized spacial score (nSPS) is 15.7. The van der Waals surface area contributed by atoms with Crippen LogP contribution in [0.15, 0.2) is 35.6 Å². The van der Waals surface area contributed by atoms with E-state index in [1.54, 1.807) is 0 Å². The Balaban J connectivity index is 0.00000233. The highest BCUT2D eigenvalue weighted by Gasteiger charge is 2.25. The molecule has 0 spiro atoms. The number of hydrazone groups is 1. The molecule has 2 rings (SSSR count). The molecule has 0 bridgehead atoms. The second kappa shape index (κ2) is 13.9. The van der Waals surface area contributed by atoms with E-state index in [0.717, 1.165) is 44.0 Å². The van der Waals surface area contributed by atoms with Crippen molar-refractivity contribution >= 4 is 17.2 Å². The maximum absolute atomic E-state index is 5.60. The second-order valence-electron chi connectivity index (χ2n) is 8.40. The molecule has 7 nitrogen and oxygen atoms in total. The zero-order valence-electron chi connectivity index (χ0n) is 20.4. The highest BCUT2D eigenvalue weighted by Crippen LogP contribution is 2.35. The third kappa shape index (κ3) is 8.42. The Hall–Kier alpha value is -2.25. The summed E-state index contributed by atoms with van der Waals surface area (Å²) in [5, 5.41) is 7.19. The number of hydrogen-bond acceptors (Lipinski definition) is 6. The summed E-state index contributed by atoms with van der Waals surface area (Å²) in [5.41, 5.74) is 6.99. The summed E-state index contributed by atoms with van der Waals surface area (Å²) < 4.78 is 5.60. The van der Waals surface area contributed by atoms with Gasteiger partial charge in [0.15, 0.2) is 0 Å². The first kappa shape index (κ1) is 26.8. The van der Waals surface area contributed by atoms with Gasteiger partial charge in [-0.3, -0.25) is 0 Å². The van der Waals surface area contributed by atoms with E-state index in [0.29, 0.717) is 24.2 Å². The van der Waals surface area contributed by atoms with E-state index in [4.69, 9.17) is 16.4 Å². The van der Waals surface area contributed by atoms with E-state index in [-0.39, 0.29) is 5.92 Å². The summed E-state index contributed by atoms with van der Waals surface area (Å²) in [5.74, 6) is 12.3. The summed E-state index contributed by atoms with van der Waals surface area (Å²) in [7, 11) is 0. The zero-order chi connectivity index (χ0) is 23.4. The molecule has 1 aromatic carbocycles. The van der Waals surface area contributed by atoms with Gasteiger partial charge in [-0.1, -0.05) is 47.3 Å². The Bertz CT molecular complexity index is 697. The zero-order valence-corrected chi connectivity index (χ0v) is 20.4. The van der Waals surface area contributed by atoms with Crippen LogP contribution in [0.3, 0.4) is 0 Å². The van der Waals surface area contributed by atoms with Crippen LogP contribution in [0, 0.1) is 5.92 Å².